The Hall–Kier alpha value is -2.80. The summed E-state index contributed by atoms with van der Waals surface area (Å²) in [6.07, 6.45) is 1.07. The van der Waals surface area contributed by atoms with Crippen molar-refractivity contribution < 1.29 is 9.21 Å². The first-order valence-electron chi connectivity index (χ1n) is 7.15. The topological polar surface area (TPSA) is 122 Å². The lowest BCUT2D eigenvalue weighted by Gasteiger charge is -2.14. The van der Waals surface area contributed by atoms with Crippen LogP contribution in [0.5, 0.6) is 0 Å². The minimum absolute atomic E-state index is 0.178. The van der Waals surface area contributed by atoms with Crippen LogP contribution in [0.3, 0.4) is 0 Å². The van der Waals surface area contributed by atoms with Crippen LogP contribution in [0.15, 0.2) is 38.5 Å². The molecule has 0 aliphatic rings. The average Bonchev–Trinajstić information content (AvgIpc) is 2.85. The zero-order chi connectivity index (χ0) is 17.4. The second-order valence-electron chi connectivity index (χ2n) is 5.50. The molecular weight excluding hydrogens is 334 g/mol. The Morgan fingerprint density at radius 1 is 1.33 bits per heavy atom. The quantitative estimate of drug-likeness (QED) is 0.665. The average molecular weight is 348 g/mol. The molecule has 0 radical (unpaired) electrons. The van der Waals surface area contributed by atoms with Gasteiger partial charge in [0.05, 0.1) is 11.6 Å². The molecule has 0 saturated heterocycles. The number of hydrogen-bond donors (Lipinski definition) is 3. The number of fused-ring (bicyclic) bond motifs is 1. The van der Waals surface area contributed by atoms with Crippen LogP contribution in [-0.4, -0.2) is 16.1 Å². The number of nitrogens with two attached hydrogens (primary N) is 1. The summed E-state index contributed by atoms with van der Waals surface area (Å²) in [4.78, 5) is 36.4. The molecule has 1 atom stereocenters. The van der Waals surface area contributed by atoms with Crippen molar-refractivity contribution in [2.75, 3.05) is 0 Å². The third-order valence-electron chi connectivity index (χ3n) is 3.90. The van der Waals surface area contributed by atoms with Crippen LogP contribution in [0, 0.1) is 6.92 Å². The minimum atomic E-state index is -0.808. The van der Waals surface area contributed by atoms with Crippen molar-refractivity contribution in [3.05, 3.63) is 66.9 Å². The van der Waals surface area contributed by atoms with E-state index in [0.29, 0.717) is 16.3 Å². The van der Waals surface area contributed by atoms with E-state index in [1.54, 1.807) is 19.1 Å². The molecule has 3 aromatic rings. The molecule has 0 bridgehead atoms. The maximum atomic E-state index is 12.8. The highest BCUT2D eigenvalue weighted by molar-refractivity contribution is 6.31. The number of aryl methyl sites for hydroxylation is 1. The number of aromatic amines is 2. The minimum Gasteiger partial charge on any atom is -0.464 e. The van der Waals surface area contributed by atoms with Crippen LogP contribution in [0.1, 0.15) is 29.2 Å². The van der Waals surface area contributed by atoms with E-state index in [4.69, 9.17) is 21.8 Å². The lowest BCUT2D eigenvalue weighted by Crippen LogP contribution is -2.24. The first-order valence-corrected chi connectivity index (χ1v) is 7.52. The summed E-state index contributed by atoms with van der Waals surface area (Å²) in [7, 11) is 0. The maximum Gasteiger partial charge on any atom is 0.267 e. The van der Waals surface area contributed by atoms with Crippen LogP contribution in [0.2, 0.25) is 5.02 Å². The molecule has 1 unspecified atom stereocenters. The summed E-state index contributed by atoms with van der Waals surface area (Å²) >= 11 is 5.94. The molecular formula is C16H14ClN3O4. The fourth-order valence-corrected chi connectivity index (χ4v) is 2.97. The molecule has 2 aromatic heterocycles. The Labute approximate surface area is 140 Å². The molecule has 4 N–H and O–H groups in total. The van der Waals surface area contributed by atoms with Gasteiger partial charge in [-0.2, -0.15) is 0 Å². The SMILES string of the molecule is Cc1[nH][nH]c(=O)c1C(CC(N)=O)c1coc2ccc(Cl)cc2c1=O. The third kappa shape index (κ3) is 2.74. The number of amides is 1. The van der Waals surface area contributed by atoms with Crippen molar-refractivity contribution in [1.82, 2.24) is 10.2 Å². The highest BCUT2D eigenvalue weighted by Crippen LogP contribution is 2.27. The van der Waals surface area contributed by atoms with Gasteiger partial charge in [0.1, 0.15) is 5.58 Å². The molecule has 8 heteroatoms. The van der Waals surface area contributed by atoms with Gasteiger partial charge in [-0.25, -0.2) is 0 Å². The molecule has 24 heavy (non-hydrogen) atoms. The van der Waals surface area contributed by atoms with Crippen LogP contribution in [0.4, 0.5) is 0 Å². The Morgan fingerprint density at radius 2 is 2.08 bits per heavy atom. The standard InChI is InChI=1S/C16H14ClN3O4/c1-7-14(16(23)20-19-7)9(5-13(18)21)11-6-24-12-3-2-8(17)4-10(12)15(11)22/h2-4,6,9H,5H2,1H3,(H2,18,21)(H2,19,20,23). The lowest BCUT2D eigenvalue weighted by atomic mass is 9.89. The van der Waals surface area contributed by atoms with E-state index in [1.165, 1.54) is 12.3 Å². The zero-order valence-electron chi connectivity index (χ0n) is 12.7. The Balaban J connectivity index is 2.27. The number of carbonyl (C=O) groups is 1. The summed E-state index contributed by atoms with van der Waals surface area (Å²) < 4.78 is 5.49. The number of halogens is 1. The Kier molecular flexibility index (Phi) is 4.02. The van der Waals surface area contributed by atoms with Crippen LogP contribution in [-0.2, 0) is 4.79 Å². The molecule has 0 aliphatic carbocycles. The molecule has 3 rings (SSSR count). The maximum absolute atomic E-state index is 12.8. The van der Waals surface area contributed by atoms with Crippen molar-refractivity contribution in [3.63, 3.8) is 0 Å². The highest BCUT2D eigenvalue weighted by atomic mass is 35.5. The van der Waals surface area contributed by atoms with Crippen molar-refractivity contribution in [1.29, 1.82) is 0 Å². The van der Waals surface area contributed by atoms with Gasteiger partial charge in [0.25, 0.3) is 5.56 Å². The van der Waals surface area contributed by atoms with Gasteiger partial charge in [0, 0.05) is 34.2 Å². The summed E-state index contributed by atoms with van der Waals surface area (Å²) in [5.41, 5.74) is 5.89. The number of primary amides is 1. The normalized spacial score (nSPS) is 12.4. The summed E-state index contributed by atoms with van der Waals surface area (Å²) in [6.45, 7) is 1.67. The number of nitrogens with one attached hydrogen (secondary N) is 2. The van der Waals surface area contributed by atoms with Crippen molar-refractivity contribution in [2.24, 2.45) is 5.73 Å². The fourth-order valence-electron chi connectivity index (χ4n) is 2.80. The molecule has 1 amide bonds. The fraction of sp³-hybridized carbons (Fsp3) is 0.188. The van der Waals surface area contributed by atoms with Crippen LogP contribution < -0.4 is 16.7 Å². The smallest absolute Gasteiger partial charge is 0.267 e. The number of carbonyl (C=O) groups excluding carboxylic acids is 1. The van der Waals surface area contributed by atoms with E-state index in [0.717, 1.165) is 0 Å². The van der Waals surface area contributed by atoms with E-state index < -0.39 is 17.4 Å². The second-order valence-corrected chi connectivity index (χ2v) is 5.94. The predicted octanol–water partition coefficient (Wildman–Crippen LogP) is 1.78. The number of hydrogen-bond acceptors (Lipinski definition) is 4. The number of aromatic nitrogens is 2. The van der Waals surface area contributed by atoms with Gasteiger partial charge in [0.15, 0.2) is 5.43 Å². The molecule has 0 saturated carbocycles. The van der Waals surface area contributed by atoms with Crippen molar-refractivity contribution >= 4 is 28.5 Å². The number of benzene rings is 1. The highest BCUT2D eigenvalue weighted by Gasteiger charge is 2.26. The van der Waals surface area contributed by atoms with E-state index in [1.807, 2.05) is 0 Å². The molecule has 0 aliphatic heterocycles. The molecule has 124 valence electrons. The molecule has 0 spiro atoms. The summed E-state index contributed by atoms with van der Waals surface area (Å²) in [6, 6.07) is 4.68. The molecule has 2 heterocycles. The van der Waals surface area contributed by atoms with Crippen LogP contribution in [0.25, 0.3) is 11.0 Å². The van der Waals surface area contributed by atoms with Crippen molar-refractivity contribution in [3.8, 4) is 0 Å². The number of rotatable bonds is 4. The number of H-pyrrole nitrogens is 2. The van der Waals surface area contributed by atoms with E-state index in [2.05, 4.69) is 10.2 Å². The van der Waals surface area contributed by atoms with Gasteiger partial charge in [-0.1, -0.05) is 11.6 Å². The molecule has 7 nitrogen and oxygen atoms in total. The first kappa shape index (κ1) is 16.1. The van der Waals surface area contributed by atoms with Crippen LogP contribution >= 0.6 is 11.6 Å². The van der Waals surface area contributed by atoms with E-state index in [-0.39, 0.29) is 28.4 Å². The Morgan fingerprint density at radius 3 is 2.71 bits per heavy atom. The van der Waals surface area contributed by atoms with Gasteiger partial charge >= 0.3 is 0 Å². The van der Waals surface area contributed by atoms with Crippen molar-refractivity contribution in [2.45, 2.75) is 19.3 Å². The molecule has 0 fully saturated rings. The third-order valence-corrected chi connectivity index (χ3v) is 4.14. The van der Waals surface area contributed by atoms with Gasteiger partial charge in [-0.15, -0.1) is 0 Å². The summed E-state index contributed by atoms with van der Waals surface area (Å²) in [5.74, 6) is -1.44. The first-order chi connectivity index (χ1) is 11.4. The zero-order valence-corrected chi connectivity index (χ0v) is 13.4. The lowest BCUT2D eigenvalue weighted by molar-refractivity contribution is -0.118. The Bertz CT molecular complexity index is 1050. The van der Waals surface area contributed by atoms with Gasteiger partial charge in [-0.05, 0) is 25.1 Å². The second kappa shape index (κ2) is 6.01. The predicted molar refractivity (Wildman–Crippen MR) is 89.3 cm³/mol. The van der Waals surface area contributed by atoms with E-state index >= 15 is 0 Å². The van der Waals surface area contributed by atoms with E-state index in [9.17, 15) is 14.4 Å². The van der Waals surface area contributed by atoms with Gasteiger partial charge in [0.2, 0.25) is 5.91 Å². The molecule has 1 aromatic carbocycles. The largest absolute Gasteiger partial charge is 0.464 e. The monoisotopic (exact) mass is 347 g/mol. The van der Waals surface area contributed by atoms with Gasteiger partial charge in [-0.3, -0.25) is 19.5 Å². The van der Waals surface area contributed by atoms with Gasteiger partial charge < -0.3 is 15.2 Å². The summed E-state index contributed by atoms with van der Waals surface area (Å²) in [5, 5.41) is 5.78.